The number of amides is 1. The summed E-state index contributed by atoms with van der Waals surface area (Å²) in [5, 5.41) is 14.1. The fourth-order valence-corrected chi connectivity index (χ4v) is 2.56. The number of H-pyrrole nitrogens is 1. The summed E-state index contributed by atoms with van der Waals surface area (Å²) in [6.45, 7) is 5.94. The molecule has 8 heteroatoms. The Bertz CT molecular complexity index is 694. The minimum atomic E-state index is -0.544. The molecule has 0 fully saturated rings. The molecule has 1 rings (SSSR count). The van der Waals surface area contributed by atoms with Crippen molar-refractivity contribution in [2.45, 2.75) is 65.3 Å². The molecule has 1 heterocycles. The second-order valence-corrected chi connectivity index (χ2v) is 6.11. The second kappa shape index (κ2) is 10.0. The molecule has 1 amide bonds. The average Bonchev–Trinajstić information content (AvgIpc) is 2.54. The summed E-state index contributed by atoms with van der Waals surface area (Å²) in [5.74, 6) is -0.466. The monoisotopic (exact) mass is 354 g/mol. The van der Waals surface area contributed by atoms with Crippen LogP contribution in [0.4, 0.5) is 0 Å². The molecule has 1 aromatic heterocycles. The van der Waals surface area contributed by atoms with Gasteiger partial charge >= 0.3 is 0 Å². The molecule has 0 radical (unpaired) electrons. The second-order valence-electron chi connectivity index (χ2n) is 5.73. The van der Waals surface area contributed by atoms with Crippen LogP contribution in [0.5, 0.6) is 5.88 Å². The first-order chi connectivity index (χ1) is 11.4. The van der Waals surface area contributed by atoms with E-state index < -0.39 is 5.56 Å². The summed E-state index contributed by atoms with van der Waals surface area (Å²) in [6.07, 6.45) is 6.28. The zero-order chi connectivity index (χ0) is 18.1. The van der Waals surface area contributed by atoms with Crippen LogP contribution >= 0.6 is 12.2 Å². The van der Waals surface area contributed by atoms with Crippen molar-refractivity contribution >= 4 is 24.3 Å². The van der Waals surface area contributed by atoms with Gasteiger partial charge in [0.15, 0.2) is 4.77 Å². The smallest absolute Gasteiger partial charge is 0.264 e. The number of hydrazone groups is 1. The lowest BCUT2D eigenvalue weighted by atomic mass is 10.1. The van der Waals surface area contributed by atoms with Gasteiger partial charge in [-0.25, -0.2) is 5.43 Å². The van der Waals surface area contributed by atoms with Crippen molar-refractivity contribution in [1.82, 2.24) is 15.0 Å². The standard InChI is InChI=1S/C16H26N4O3S/c1-4-6-7-8-9-13(21)19-17-10-12-14(22)18-16(24)20(15(12)23)11(3)5-2/h10-11,23H,4-9H2,1-3H3,(H,19,21)(H,18,22,24)/b17-10+/t11-/m1/s1. The van der Waals surface area contributed by atoms with Gasteiger partial charge in [-0.05, 0) is 32.0 Å². The maximum Gasteiger partial charge on any atom is 0.264 e. The molecule has 0 aliphatic rings. The summed E-state index contributed by atoms with van der Waals surface area (Å²) < 4.78 is 1.62. The van der Waals surface area contributed by atoms with Crippen LogP contribution < -0.4 is 11.0 Å². The van der Waals surface area contributed by atoms with Gasteiger partial charge in [0.25, 0.3) is 5.56 Å². The number of hydrogen-bond donors (Lipinski definition) is 3. The quantitative estimate of drug-likeness (QED) is 0.275. The van der Waals surface area contributed by atoms with Gasteiger partial charge < -0.3 is 5.11 Å². The van der Waals surface area contributed by atoms with Crippen LogP contribution in [-0.4, -0.2) is 26.8 Å². The summed E-state index contributed by atoms with van der Waals surface area (Å²) >= 11 is 5.09. The maximum atomic E-state index is 11.9. The molecule has 0 bridgehead atoms. The fraction of sp³-hybridized carbons (Fsp3) is 0.625. The number of aromatic nitrogens is 2. The van der Waals surface area contributed by atoms with Crippen molar-refractivity contribution in [2.24, 2.45) is 5.10 Å². The molecule has 0 aliphatic carbocycles. The van der Waals surface area contributed by atoms with E-state index in [4.69, 9.17) is 12.2 Å². The lowest BCUT2D eigenvalue weighted by Crippen LogP contribution is -2.22. The molecule has 0 spiro atoms. The van der Waals surface area contributed by atoms with Gasteiger partial charge in [0.05, 0.1) is 6.21 Å². The molecular weight excluding hydrogens is 328 g/mol. The van der Waals surface area contributed by atoms with Crippen molar-refractivity contribution in [2.75, 3.05) is 0 Å². The Kier molecular flexibility index (Phi) is 8.39. The first-order valence-electron chi connectivity index (χ1n) is 8.32. The Morgan fingerprint density at radius 3 is 2.75 bits per heavy atom. The number of nitrogens with zero attached hydrogens (tertiary/aromatic N) is 2. The topological polar surface area (TPSA) is 99.5 Å². The number of unbranched alkanes of at least 4 members (excludes halogenated alkanes) is 3. The molecule has 134 valence electrons. The minimum absolute atomic E-state index is 0.0322. The third kappa shape index (κ3) is 5.59. The number of rotatable bonds is 9. The van der Waals surface area contributed by atoms with Crippen LogP contribution in [-0.2, 0) is 4.79 Å². The molecule has 0 aromatic carbocycles. The fourth-order valence-electron chi connectivity index (χ4n) is 2.20. The van der Waals surface area contributed by atoms with Crippen LogP contribution in [0.3, 0.4) is 0 Å². The van der Waals surface area contributed by atoms with Crippen LogP contribution in [0, 0.1) is 4.77 Å². The predicted molar refractivity (Wildman–Crippen MR) is 97.0 cm³/mol. The maximum absolute atomic E-state index is 11.9. The zero-order valence-corrected chi connectivity index (χ0v) is 15.3. The van der Waals surface area contributed by atoms with Crippen molar-refractivity contribution in [3.8, 4) is 5.88 Å². The van der Waals surface area contributed by atoms with E-state index in [1.54, 1.807) is 0 Å². The summed E-state index contributed by atoms with van der Waals surface area (Å²) in [6, 6.07) is -0.0744. The predicted octanol–water partition coefficient (Wildman–Crippen LogP) is 3.00. The van der Waals surface area contributed by atoms with Crippen molar-refractivity contribution in [3.63, 3.8) is 0 Å². The van der Waals surface area contributed by atoms with Gasteiger partial charge in [0.1, 0.15) is 5.56 Å². The lowest BCUT2D eigenvalue weighted by Gasteiger charge is -2.16. The van der Waals surface area contributed by atoms with Crippen LogP contribution in [0.1, 0.15) is 70.9 Å². The highest BCUT2D eigenvalue weighted by atomic mass is 32.1. The van der Waals surface area contributed by atoms with Crippen LogP contribution in [0.2, 0.25) is 0 Å². The van der Waals surface area contributed by atoms with E-state index >= 15 is 0 Å². The molecular formula is C16H26N4O3S. The van der Waals surface area contributed by atoms with Crippen molar-refractivity contribution in [1.29, 1.82) is 0 Å². The number of nitrogens with one attached hydrogen (secondary N) is 2. The number of hydrogen-bond acceptors (Lipinski definition) is 5. The molecule has 0 unspecified atom stereocenters. The Morgan fingerprint density at radius 2 is 2.12 bits per heavy atom. The Morgan fingerprint density at radius 1 is 1.42 bits per heavy atom. The van der Waals surface area contributed by atoms with Gasteiger partial charge in [-0.1, -0.05) is 33.1 Å². The number of carbonyl (C=O) groups excluding carboxylic acids is 1. The first-order valence-corrected chi connectivity index (χ1v) is 8.72. The molecule has 1 atom stereocenters. The zero-order valence-electron chi connectivity index (χ0n) is 14.5. The highest BCUT2D eigenvalue weighted by Gasteiger charge is 2.14. The Balaban J connectivity index is 2.82. The average molecular weight is 354 g/mol. The van der Waals surface area contributed by atoms with Gasteiger partial charge in [0, 0.05) is 12.5 Å². The normalized spacial score (nSPS) is 12.5. The first kappa shape index (κ1) is 20.1. The van der Waals surface area contributed by atoms with Gasteiger partial charge in [-0.2, -0.15) is 5.10 Å². The summed E-state index contributed by atoms with van der Waals surface area (Å²) in [5.41, 5.74) is 1.80. The number of aromatic hydroxyl groups is 1. The van der Waals surface area contributed by atoms with E-state index in [1.165, 1.54) is 4.57 Å². The minimum Gasteiger partial charge on any atom is -0.494 e. The van der Waals surface area contributed by atoms with Crippen LogP contribution in [0.25, 0.3) is 0 Å². The summed E-state index contributed by atoms with van der Waals surface area (Å²) in [4.78, 5) is 26.1. The van der Waals surface area contributed by atoms with E-state index in [9.17, 15) is 14.7 Å². The van der Waals surface area contributed by atoms with E-state index in [2.05, 4.69) is 22.4 Å². The van der Waals surface area contributed by atoms with Gasteiger partial charge in [-0.3, -0.25) is 19.1 Å². The highest BCUT2D eigenvalue weighted by molar-refractivity contribution is 7.71. The summed E-state index contributed by atoms with van der Waals surface area (Å²) in [7, 11) is 0. The van der Waals surface area contributed by atoms with Gasteiger partial charge in [-0.15, -0.1) is 0 Å². The molecule has 0 saturated carbocycles. The van der Waals surface area contributed by atoms with E-state index in [1.807, 2.05) is 13.8 Å². The van der Waals surface area contributed by atoms with Crippen molar-refractivity contribution < 1.29 is 9.90 Å². The SMILES string of the molecule is CCCCCCC(=O)N/N=C/c1c(O)n([C@H](C)CC)c(=S)[nH]c1=O. The molecule has 1 aromatic rings. The van der Waals surface area contributed by atoms with Crippen LogP contribution in [0.15, 0.2) is 9.90 Å². The van der Waals surface area contributed by atoms with E-state index in [0.717, 1.165) is 38.3 Å². The molecule has 0 aliphatic heterocycles. The van der Waals surface area contributed by atoms with E-state index in [-0.39, 0.29) is 28.2 Å². The molecule has 3 N–H and O–H groups in total. The Labute approximate surface area is 146 Å². The molecule has 24 heavy (non-hydrogen) atoms. The largest absolute Gasteiger partial charge is 0.494 e. The van der Waals surface area contributed by atoms with Gasteiger partial charge in [0.2, 0.25) is 11.8 Å². The molecule has 0 saturated heterocycles. The van der Waals surface area contributed by atoms with Crippen molar-refractivity contribution in [3.05, 3.63) is 20.7 Å². The number of carbonyl (C=O) groups is 1. The highest BCUT2D eigenvalue weighted by Crippen LogP contribution is 2.19. The molecule has 7 nitrogen and oxygen atoms in total. The third-order valence-corrected chi connectivity index (χ3v) is 4.12. The Hall–Kier alpha value is -1.96. The number of aromatic amines is 1. The lowest BCUT2D eigenvalue weighted by molar-refractivity contribution is -0.121. The van der Waals surface area contributed by atoms with E-state index in [0.29, 0.717) is 6.42 Å². The third-order valence-electron chi connectivity index (χ3n) is 3.82.